The molecule has 1 N–H and O–H groups in total. The quantitative estimate of drug-likeness (QED) is 0.688. The smallest absolute Gasteiger partial charge is 0.275 e. The van der Waals surface area contributed by atoms with Gasteiger partial charge in [0.1, 0.15) is 17.5 Å². The molecule has 0 aliphatic rings. The van der Waals surface area contributed by atoms with Crippen LogP contribution in [0.1, 0.15) is 6.92 Å². The molecule has 1 aromatic heterocycles. The van der Waals surface area contributed by atoms with Crippen LogP contribution in [0.25, 0.3) is 11.3 Å². The fraction of sp³-hybridized carbons (Fsp3) is 0.154. The predicted octanol–water partition coefficient (Wildman–Crippen LogP) is 3.37. The molecule has 2 aromatic rings. The van der Waals surface area contributed by atoms with Crippen LogP contribution >= 0.6 is 0 Å². The van der Waals surface area contributed by atoms with E-state index >= 15 is 0 Å². The van der Waals surface area contributed by atoms with Crippen LogP contribution in [0.5, 0.6) is 0 Å². The summed E-state index contributed by atoms with van der Waals surface area (Å²) >= 11 is 0. The van der Waals surface area contributed by atoms with E-state index in [9.17, 15) is 18.9 Å². The Bertz CT molecular complexity index is 662. The minimum atomic E-state index is -0.819. The molecule has 1 aromatic carbocycles. The molecule has 0 fully saturated rings. The van der Waals surface area contributed by atoms with E-state index in [0.717, 1.165) is 12.1 Å². The molecule has 0 spiro atoms. The average molecular weight is 279 g/mol. The third-order valence-corrected chi connectivity index (χ3v) is 2.59. The zero-order valence-corrected chi connectivity index (χ0v) is 10.6. The third kappa shape index (κ3) is 2.87. The Morgan fingerprint density at radius 1 is 1.30 bits per heavy atom. The van der Waals surface area contributed by atoms with Crippen LogP contribution in [-0.2, 0) is 0 Å². The summed E-state index contributed by atoms with van der Waals surface area (Å²) in [6.45, 7) is 2.32. The summed E-state index contributed by atoms with van der Waals surface area (Å²) in [7, 11) is 0. The fourth-order valence-corrected chi connectivity index (χ4v) is 1.73. The van der Waals surface area contributed by atoms with Gasteiger partial charge in [0, 0.05) is 24.2 Å². The molecule has 104 valence electrons. The van der Waals surface area contributed by atoms with Crippen molar-refractivity contribution >= 4 is 11.5 Å². The van der Waals surface area contributed by atoms with E-state index in [1.807, 2.05) is 0 Å². The Hall–Kier alpha value is -2.57. The van der Waals surface area contributed by atoms with Gasteiger partial charge in [0.2, 0.25) is 0 Å². The molecule has 0 saturated heterocycles. The molecule has 2 rings (SSSR count). The molecule has 0 bridgehead atoms. The van der Waals surface area contributed by atoms with Crippen LogP contribution in [0.15, 0.2) is 30.3 Å². The highest BCUT2D eigenvalue weighted by Gasteiger charge is 2.15. The zero-order valence-electron chi connectivity index (χ0n) is 10.6. The molecule has 5 nitrogen and oxygen atoms in total. The highest BCUT2D eigenvalue weighted by Crippen LogP contribution is 2.27. The Morgan fingerprint density at radius 2 is 2.05 bits per heavy atom. The summed E-state index contributed by atoms with van der Waals surface area (Å²) in [5, 5.41) is 13.7. The number of nitrogens with one attached hydrogen (secondary N) is 1. The first-order valence-corrected chi connectivity index (χ1v) is 5.87. The van der Waals surface area contributed by atoms with Crippen molar-refractivity contribution in [2.45, 2.75) is 6.92 Å². The molecule has 1 heterocycles. The second-order valence-electron chi connectivity index (χ2n) is 4.01. The second kappa shape index (κ2) is 5.60. The molecule has 0 radical (unpaired) electrons. The van der Waals surface area contributed by atoms with Gasteiger partial charge >= 0.3 is 0 Å². The summed E-state index contributed by atoms with van der Waals surface area (Å²) in [5.41, 5.74) is -0.128. The number of aromatic nitrogens is 1. The second-order valence-corrected chi connectivity index (χ2v) is 4.01. The fourth-order valence-electron chi connectivity index (χ4n) is 1.73. The van der Waals surface area contributed by atoms with Gasteiger partial charge in [-0.15, -0.1) is 0 Å². The predicted molar refractivity (Wildman–Crippen MR) is 70.4 cm³/mol. The number of nitro groups is 1. The van der Waals surface area contributed by atoms with E-state index in [1.165, 1.54) is 12.1 Å². The van der Waals surface area contributed by atoms with Gasteiger partial charge in [0.05, 0.1) is 16.7 Å². The lowest BCUT2D eigenvalue weighted by Crippen LogP contribution is -2.02. The van der Waals surface area contributed by atoms with Crippen molar-refractivity contribution < 1.29 is 13.7 Å². The van der Waals surface area contributed by atoms with Gasteiger partial charge in [-0.25, -0.2) is 13.8 Å². The molecule has 0 aliphatic heterocycles. The van der Waals surface area contributed by atoms with Gasteiger partial charge in [-0.3, -0.25) is 10.1 Å². The largest absolute Gasteiger partial charge is 0.370 e. The lowest BCUT2D eigenvalue weighted by atomic mass is 10.1. The maximum Gasteiger partial charge on any atom is 0.275 e. The van der Waals surface area contributed by atoms with E-state index < -0.39 is 16.6 Å². The molecule has 7 heteroatoms. The number of rotatable bonds is 4. The van der Waals surface area contributed by atoms with Crippen LogP contribution in [0.4, 0.5) is 20.3 Å². The van der Waals surface area contributed by atoms with Crippen molar-refractivity contribution in [3.8, 4) is 11.3 Å². The van der Waals surface area contributed by atoms with Crippen molar-refractivity contribution in [3.63, 3.8) is 0 Å². The molecule has 0 aliphatic carbocycles. The maximum absolute atomic E-state index is 13.7. The van der Waals surface area contributed by atoms with Gasteiger partial charge in [0.15, 0.2) is 0 Å². The third-order valence-electron chi connectivity index (χ3n) is 2.59. The van der Waals surface area contributed by atoms with Crippen molar-refractivity contribution in [3.05, 3.63) is 52.1 Å². The number of anilines is 1. The molecular formula is C13H11F2N3O2. The monoisotopic (exact) mass is 279 g/mol. The van der Waals surface area contributed by atoms with E-state index in [2.05, 4.69) is 10.3 Å². The van der Waals surface area contributed by atoms with Crippen molar-refractivity contribution in [2.75, 3.05) is 11.9 Å². The van der Waals surface area contributed by atoms with Crippen molar-refractivity contribution in [1.82, 2.24) is 4.98 Å². The molecule has 0 atom stereocenters. The first kappa shape index (κ1) is 13.9. The van der Waals surface area contributed by atoms with Gasteiger partial charge in [-0.2, -0.15) is 0 Å². The molecule has 0 unspecified atom stereocenters. The van der Waals surface area contributed by atoms with E-state index in [-0.39, 0.29) is 22.8 Å². The maximum atomic E-state index is 13.7. The summed E-state index contributed by atoms with van der Waals surface area (Å²) in [6, 6.07) is 5.40. The van der Waals surface area contributed by atoms with Crippen LogP contribution in [-0.4, -0.2) is 16.5 Å². The summed E-state index contributed by atoms with van der Waals surface area (Å²) in [6.07, 6.45) is 0. The first-order chi connectivity index (χ1) is 9.51. The summed E-state index contributed by atoms with van der Waals surface area (Å²) < 4.78 is 26.6. The number of benzene rings is 1. The first-order valence-electron chi connectivity index (χ1n) is 5.87. The Kier molecular flexibility index (Phi) is 3.88. The van der Waals surface area contributed by atoms with Gasteiger partial charge in [-0.1, -0.05) is 0 Å². The van der Waals surface area contributed by atoms with Gasteiger partial charge in [-0.05, 0) is 19.1 Å². The summed E-state index contributed by atoms with van der Waals surface area (Å²) in [4.78, 5) is 14.4. The standard InChI is InChI=1S/C13H11F2N3O2/c1-2-16-13-7-9(18(19)20)6-12(17-13)10-4-3-8(14)5-11(10)15/h3-7H,2H2,1H3,(H,16,17). The number of halogens is 2. The highest BCUT2D eigenvalue weighted by molar-refractivity contribution is 5.65. The number of nitrogens with zero attached hydrogens (tertiary/aromatic N) is 2. The van der Waals surface area contributed by atoms with Crippen LogP contribution in [0.3, 0.4) is 0 Å². The van der Waals surface area contributed by atoms with E-state index in [0.29, 0.717) is 12.6 Å². The van der Waals surface area contributed by atoms with Crippen molar-refractivity contribution in [1.29, 1.82) is 0 Å². The molecule has 20 heavy (non-hydrogen) atoms. The Morgan fingerprint density at radius 3 is 2.65 bits per heavy atom. The number of hydrogen-bond donors (Lipinski definition) is 1. The molecule has 0 amide bonds. The minimum absolute atomic E-state index is 0.00857. The normalized spacial score (nSPS) is 10.3. The zero-order chi connectivity index (χ0) is 14.7. The Labute approximate surface area is 113 Å². The highest BCUT2D eigenvalue weighted by atomic mass is 19.1. The Balaban J connectivity index is 2.57. The average Bonchev–Trinajstić information content (AvgIpc) is 2.38. The van der Waals surface area contributed by atoms with E-state index in [1.54, 1.807) is 6.92 Å². The SMILES string of the molecule is CCNc1cc([N+](=O)[O-])cc(-c2ccc(F)cc2F)n1. The molecule has 0 saturated carbocycles. The number of pyridine rings is 1. The van der Waals surface area contributed by atoms with Crippen LogP contribution in [0, 0.1) is 21.7 Å². The lowest BCUT2D eigenvalue weighted by Gasteiger charge is -2.07. The van der Waals surface area contributed by atoms with Gasteiger partial charge in [0.25, 0.3) is 5.69 Å². The van der Waals surface area contributed by atoms with E-state index in [4.69, 9.17) is 0 Å². The van der Waals surface area contributed by atoms with Gasteiger partial charge < -0.3 is 5.32 Å². The molecular weight excluding hydrogens is 268 g/mol. The van der Waals surface area contributed by atoms with Crippen LogP contribution in [0.2, 0.25) is 0 Å². The summed E-state index contributed by atoms with van der Waals surface area (Å²) in [5.74, 6) is -1.27. The number of hydrogen-bond acceptors (Lipinski definition) is 4. The lowest BCUT2D eigenvalue weighted by molar-refractivity contribution is -0.384. The topological polar surface area (TPSA) is 68.1 Å². The van der Waals surface area contributed by atoms with Crippen LogP contribution < -0.4 is 5.32 Å². The van der Waals surface area contributed by atoms with Crippen molar-refractivity contribution in [2.24, 2.45) is 0 Å². The minimum Gasteiger partial charge on any atom is -0.370 e.